The topological polar surface area (TPSA) is 86.7 Å². The van der Waals surface area contributed by atoms with E-state index in [0.29, 0.717) is 24.3 Å². The van der Waals surface area contributed by atoms with Crippen molar-refractivity contribution in [3.63, 3.8) is 0 Å². The van der Waals surface area contributed by atoms with Gasteiger partial charge < -0.3 is 9.47 Å². The molecule has 6 nitrogen and oxygen atoms in total. The van der Waals surface area contributed by atoms with E-state index in [0.717, 1.165) is 86.5 Å². The number of rotatable bonds is 24. The van der Waals surface area contributed by atoms with Gasteiger partial charge in [-0.2, -0.15) is 0 Å². The van der Waals surface area contributed by atoms with Gasteiger partial charge in [-0.3, -0.25) is 0 Å². The summed E-state index contributed by atoms with van der Waals surface area (Å²) in [6, 6.07) is 29.1. The van der Waals surface area contributed by atoms with Crippen molar-refractivity contribution in [2.24, 2.45) is 0 Å². The van der Waals surface area contributed by atoms with E-state index in [9.17, 15) is 16.8 Å². The van der Waals surface area contributed by atoms with Crippen molar-refractivity contribution in [1.29, 1.82) is 0 Å². The third-order valence-electron chi connectivity index (χ3n) is 10.6. The quantitative estimate of drug-likeness (QED) is 0.0657. The minimum absolute atomic E-state index is 0.246. The summed E-state index contributed by atoms with van der Waals surface area (Å²) in [6.07, 6.45) is 13.1. The van der Waals surface area contributed by atoms with Crippen LogP contribution in [0.4, 0.5) is 0 Å². The van der Waals surface area contributed by atoms with E-state index in [1.807, 2.05) is 100 Å². The third-order valence-corrected chi connectivity index (χ3v) is 14.5. The maximum absolute atomic E-state index is 14.2. The molecule has 0 saturated heterocycles. The Balaban J connectivity index is 1.68. The number of aryl methyl sites for hydroxylation is 2. The number of hydrogen-bond acceptors (Lipinski definition) is 6. The van der Waals surface area contributed by atoms with Crippen molar-refractivity contribution in [3.8, 4) is 11.5 Å². The van der Waals surface area contributed by atoms with Crippen LogP contribution in [0.25, 0.3) is 0 Å². The maximum atomic E-state index is 14.2. The Morgan fingerprint density at radius 2 is 0.800 bits per heavy atom. The predicted octanol–water partition coefficient (Wildman–Crippen LogP) is 12.5. The Bertz CT molecular complexity index is 1820. The largest absolute Gasteiger partial charge is 0.474 e. The van der Waals surface area contributed by atoms with E-state index in [1.54, 1.807) is 24.3 Å². The molecule has 0 saturated carbocycles. The van der Waals surface area contributed by atoms with Crippen molar-refractivity contribution < 1.29 is 26.3 Å². The van der Waals surface area contributed by atoms with Gasteiger partial charge in [0.05, 0.1) is 9.79 Å². The summed E-state index contributed by atoms with van der Waals surface area (Å²) in [6.45, 7) is 12.3. The van der Waals surface area contributed by atoms with Crippen LogP contribution in [0.5, 0.6) is 11.5 Å². The lowest BCUT2D eigenvalue weighted by Gasteiger charge is -2.32. The Hall–Kier alpha value is -3.62. The van der Waals surface area contributed by atoms with Gasteiger partial charge in [0.15, 0.2) is 0 Å². The number of para-hydroxylation sites is 2. The smallest absolute Gasteiger partial charge is 0.216 e. The summed E-state index contributed by atoms with van der Waals surface area (Å²) in [5.41, 5.74) is 0.628. The molecule has 0 aliphatic rings. The SMILES string of the molecule is CCCCCCCCC(Oc1ccccc1C(C)(C)c1ccccc1OC(CCCCCCCC)S(=O)(=O)c1ccc(C)cc1)S(=O)(=O)c1ccc(C)cc1. The Labute approximate surface area is 332 Å². The molecule has 4 aromatic carbocycles. The molecule has 55 heavy (non-hydrogen) atoms. The summed E-state index contributed by atoms with van der Waals surface area (Å²) >= 11 is 0. The first-order chi connectivity index (χ1) is 26.3. The van der Waals surface area contributed by atoms with Gasteiger partial charge in [-0.05, 0) is 75.9 Å². The molecule has 0 heterocycles. The molecule has 300 valence electrons. The van der Waals surface area contributed by atoms with Gasteiger partial charge in [-0.1, -0.05) is 164 Å². The average Bonchev–Trinajstić information content (AvgIpc) is 3.17. The fraction of sp³-hybridized carbons (Fsp3) is 0.489. The van der Waals surface area contributed by atoms with E-state index in [4.69, 9.17) is 9.47 Å². The van der Waals surface area contributed by atoms with E-state index >= 15 is 0 Å². The number of ether oxygens (including phenoxy) is 2. The van der Waals surface area contributed by atoms with Crippen LogP contribution in [-0.2, 0) is 25.1 Å². The van der Waals surface area contributed by atoms with Crippen molar-refractivity contribution in [1.82, 2.24) is 0 Å². The van der Waals surface area contributed by atoms with Crippen LogP contribution in [0.1, 0.15) is 140 Å². The van der Waals surface area contributed by atoms with E-state index in [-0.39, 0.29) is 9.79 Å². The zero-order chi connectivity index (χ0) is 39.9. The minimum atomic E-state index is -3.84. The van der Waals surface area contributed by atoms with Crippen molar-refractivity contribution in [2.45, 2.75) is 158 Å². The molecule has 0 radical (unpaired) electrons. The van der Waals surface area contributed by atoms with Gasteiger partial charge in [-0.25, -0.2) is 16.8 Å². The van der Waals surface area contributed by atoms with Crippen LogP contribution < -0.4 is 9.47 Å². The zero-order valence-electron chi connectivity index (χ0n) is 34.1. The minimum Gasteiger partial charge on any atom is -0.474 e. The van der Waals surface area contributed by atoms with Gasteiger partial charge in [0, 0.05) is 16.5 Å². The number of unbranched alkanes of at least 4 members (excludes halogenated alkanes) is 10. The normalized spacial score (nSPS) is 13.3. The molecular formula is C47H64O6S2. The van der Waals surface area contributed by atoms with Crippen LogP contribution in [-0.4, -0.2) is 27.7 Å². The fourth-order valence-electron chi connectivity index (χ4n) is 7.10. The molecular weight excluding hydrogens is 725 g/mol. The molecule has 4 rings (SSSR count). The Morgan fingerprint density at radius 1 is 0.473 bits per heavy atom. The molecule has 0 fully saturated rings. The zero-order valence-corrected chi connectivity index (χ0v) is 35.7. The van der Waals surface area contributed by atoms with E-state index in [1.165, 1.54) is 12.8 Å². The lowest BCUT2D eigenvalue weighted by molar-refractivity contribution is 0.246. The highest BCUT2D eigenvalue weighted by atomic mass is 32.2. The number of hydrogen-bond donors (Lipinski definition) is 0. The van der Waals surface area contributed by atoms with Gasteiger partial charge in [-0.15, -0.1) is 0 Å². The Morgan fingerprint density at radius 3 is 1.16 bits per heavy atom. The van der Waals surface area contributed by atoms with E-state index in [2.05, 4.69) is 13.8 Å². The van der Waals surface area contributed by atoms with Crippen molar-refractivity contribution in [2.75, 3.05) is 0 Å². The molecule has 2 unspecified atom stereocenters. The second-order valence-corrected chi connectivity index (χ2v) is 19.7. The first kappa shape index (κ1) is 44.1. The average molecular weight is 789 g/mol. The van der Waals surface area contributed by atoms with Crippen LogP contribution >= 0.6 is 0 Å². The van der Waals surface area contributed by atoms with Crippen LogP contribution in [0, 0.1) is 13.8 Å². The second kappa shape index (κ2) is 21.1. The highest BCUT2D eigenvalue weighted by Crippen LogP contribution is 2.43. The van der Waals surface area contributed by atoms with Crippen LogP contribution in [0.3, 0.4) is 0 Å². The molecule has 4 aromatic rings. The van der Waals surface area contributed by atoms with Gasteiger partial charge >= 0.3 is 0 Å². The monoisotopic (exact) mass is 788 g/mol. The number of benzene rings is 4. The van der Waals surface area contributed by atoms with E-state index < -0.39 is 36.0 Å². The highest BCUT2D eigenvalue weighted by Gasteiger charge is 2.36. The summed E-state index contributed by atoms with van der Waals surface area (Å²) in [4.78, 5) is 0.492. The molecule has 8 heteroatoms. The molecule has 0 aliphatic heterocycles. The molecule has 0 amide bonds. The first-order valence-corrected chi connectivity index (χ1v) is 23.5. The fourth-order valence-corrected chi connectivity index (χ4v) is 10.1. The maximum Gasteiger partial charge on any atom is 0.216 e. The lowest BCUT2D eigenvalue weighted by Crippen LogP contribution is -2.31. The summed E-state index contributed by atoms with van der Waals surface area (Å²) in [5, 5.41) is 0. The van der Waals surface area contributed by atoms with Crippen molar-refractivity contribution in [3.05, 3.63) is 119 Å². The first-order valence-electron chi connectivity index (χ1n) is 20.5. The van der Waals surface area contributed by atoms with Gasteiger partial charge in [0.1, 0.15) is 11.5 Å². The second-order valence-electron chi connectivity index (χ2n) is 15.5. The molecule has 0 aliphatic carbocycles. The van der Waals surface area contributed by atoms with Crippen LogP contribution in [0.2, 0.25) is 0 Å². The lowest BCUT2D eigenvalue weighted by atomic mass is 9.77. The summed E-state index contributed by atoms with van der Waals surface area (Å²) < 4.78 is 70.1. The van der Waals surface area contributed by atoms with Gasteiger partial charge in [0.2, 0.25) is 30.5 Å². The number of sulfone groups is 2. The molecule has 0 aromatic heterocycles. The summed E-state index contributed by atoms with van der Waals surface area (Å²) in [5.74, 6) is 0.953. The standard InChI is InChI=1S/C47H64O6S2/c1-7-9-11-13-15-17-27-45(54(48,49)39-33-29-37(3)30-34-39)52-43-25-21-19-23-41(43)47(5,6)42-24-20-22-26-44(42)53-46(28-18-16-14-12-10-8-2)55(50,51)40-35-31-38(4)32-36-40/h19-26,29-36,45-46H,7-18,27-28H2,1-6H3. The molecule has 0 N–H and O–H groups in total. The third kappa shape index (κ3) is 12.2. The Kier molecular flexibility index (Phi) is 16.9. The molecule has 0 spiro atoms. The molecule has 0 bridgehead atoms. The molecule has 2 atom stereocenters. The van der Waals surface area contributed by atoms with Gasteiger partial charge in [0.25, 0.3) is 0 Å². The predicted molar refractivity (Wildman–Crippen MR) is 227 cm³/mol. The van der Waals surface area contributed by atoms with Crippen LogP contribution in [0.15, 0.2) is 107 Å². The van der Waals surface area contributed by atoms with Crippen molar-refractivity contribution >= 4 is 19.7 Å². The summed E-state index contributed by atoms with van der Waals surface area (Å²) in [7, 11) is -7.68. The highest BCUT2D eigenvalue weighted by molar-refractivity contribution is 7.92.